The molecule has 1 aliphatic rings. The van der Waals surface area contributed by atoms with Gasteiger partial charge in [0.1, 0.15) is 0 Å². The Balaban J connectivity index is 2.23. The zero-order valence-corrected chi connectivity index (χ0v) is 11.0. The van der Waals surface area contributed by atoms with Crippen LogP contribution in [0.2, 0.25) is 0 Å². The second-order valence-electron chi connectivity index (χ2n) is 4.36. The lowest BCUT2D eigenvalue weighted by Crippen LogP contribution is -2.32. The molecule has 0 aliphatic carbocycles. The van der Waals surface area contributed by atoms with E-state index in [2.05, 4.69) is 5.10 Å². The van der Waals surface area contributed by atoms with E-state index in [1.165, 1.54) is 0 Å². The number of aryl methyl sites for hydroxylation is 1. The smallest absolute Gasteiger partial charge is 0.258 e. The highest BCUT2D eigenvalue weighted by molar-refractivity contribution is 5.98. The molecule has 1 aromatic rings. The number of ether oxygens (including phenoxy) is 2. The SMILES string of the molecule is COCCC1c2c(cnn2C)C(=O)N1CCOC. The summed E-state index contributed by atoms with van der Waals surface area (Å²) >= 11 is 0. The summed E-state index contributed by atoms with van der Waals surface area (Å²) in [4.78, 5) is 14.1. The van der Waals surface area contributed by atoms with E-state index in [-0.39, 0.29) is 11.9 Å². The summed E-state index contributed by atoms with van der Waals surface area (Å²) in [6.45, 7) is 1.75. The van der Waals surface area contributed by atoms with Crippen molar-refractivity contribution in [2.24, 2.45) is 7.05 Å². The van der Waals surface area contributed by atoms with Crippen LogP contribution in [-0.4, -0.2) is 54.6 Å². The summed E-state index contributed by atoms with van der Waals surface area (Å²) in [6, 6.07) is 0.0371. The number of nitrogens with zero attached hydrogens (tertiary/aromatic N) is 3. The van der Waals surface area contributed by atoms with Gasteiger partial charge in [-0.15, -0.1) is 0 Å². The second kappa shape index (κ2) is 5.49. The molecule has 1 atom stereocenters. The summed E-state index contributed by atoms with van der Waals surface area (Å²) < 4.78 is 12.0. The number of fused-ring (bicyclic) bond motifs is 1. The van der Waals surface area contributed by atoms with Crippen molar-refractivity contribution >= 4 is 5.91 Å². The lowest BCUT2D eigenvalue weighted by atomic mass is 10.1. The lowest BCUT2D eigenvalue weighted by Gasteiger charge is -2.25. The molecule has 6 nitrogen and oxygen atoms in total. The average Bonchev–Trinajstić information content (AvgIpc) is 2.86. The third-order valence-electron chi connectivity index (χ3n) is 3.30. The number of carbonyl (C=O) groups is 1. The average molecular weight is 253 g/mol. The largest absolute Gasteiger partial charge is 0.385 e. The summed E-state index contributed by atoms with van der Waals surface area (Å²) in [5, 5.41) is 4.16. The molecule has 0 fully saturated rings. The van der Waals surface area contributed by atoms with Crippen molar-refractivity contribution in [3.63, 3.8) is 0 Å². The van der Waals surface area contributed by atoms with Crippen molar-refractivity contribution in [2.45, 2.75) is 12.5 Å². The second-order valence-corrected chi connectivity index (χ2v) is 4.36. The normalized spacial score (nSPS) is 18.5. The molecule has 2 heterocycles. The molecule has 0 radical (unpaired) electrons. The first-order chi connectivity index (χ1) is 8.70. The highest BCUT2D eigenvalue weighted by Crippen LogP contribution is 2.35. The fraction of sp³-hybridized carbons (Fsp3) is 0.667. The van der Waals surface area contributed by atoms with Gasteiger partial charge in [-0.25, -0.2) is 0 Å². The van der Waals surface area contributed by atoms with Crippen LogP contribution in [0.5, 0.6) is 0 Å². The maximum absolute atomic E-state index is 12.3. The van der Waals surface area contributed by atoms with Gasteiger partial charge in [0.2, 0.25) is 0 Å². The van der Waals surface area contributed by atoms with Gasteiger partial charge in [0.15, 0.2) is 0 Å². The Morgan fingerprint density at radius 3 is 2.72 bits per heavy atom. The summed E-state index contributed by atoms with van der Waals surface area (Å²) in [5.74, 6) is 0.0382. The minimum atomic E-state index is 0.0371. The first-order valence-corrected chi connectivity index (χ1v) is 6.01. The number of rotatable bonds is 6. The molecule has 1 amide bonds. The van der Waals surface area contributed by atoms with Gasteiger partial charge in [0, 0.05) is 34.4 Å². The van der Waals surface area contributed by atoms with Crippen LogP contribution < -0.4 is 0 Å². The third kappa shape index (κ3) is 2.13. The minimum Gasteiger partial charge on any atom is -0.385 e. The van der Waals surface area contributed by atoms with Gasteiger partial charge in [0.05, 0.1) is 30.1 Å². The number of hydrogen-bond acceptors (Lipinski definition) is 4. The van der Waals surface area contributed by atoms with Gasteiger partial charge in [-0.2, -0.15) is 5.10 Å². The predicted octanol–water partition coefficient (Wildman–Crippen LogP) is 0.600. The van der Waals surface area contributed by atoms with Gasteiger partial charge in [0.25, 0.3) is 5.91 Å². The standard InChI is InChI=1S/C12H19N3O3/c1-14-11-9(8-13-14)12(16)15(5-7-18-3)10(11)4-6-17-2/h8,10H,4-7H2,1-3H3. The van der Waals surface area contributed by atoms with Crippen molar-refractivity contribution in [3.05, 3.63) is 17.5 Å². The van der Waals surface area contributed by atoms with Crippen LogP contribution in [0.4, 0.5) is 0 Å². The van der Waals surface area contributed by atoms with Gasteiger partial charge >= 0.3 is 0 Å². The van der Waals surface area contributed by atoms with Crippen molar-refractivity contribution in [1.82, 2.24) is 14.7 Å². The first-order valence-electron chi connectivity index (χ1n) is 6.01. The molecule has 0 spiro atoms. The van der Waals surface area contributed by atoms with Gasteiger partial charge in [-0.1, -0.05) is 0 Å². The minimum absolute atomic E-state index is 0.0371. The highest BCUT2D eigenvalue weighted by atomic mass is 16.5. The molecule has 0 aromatic carbocycles. The number of methoxy groups -OCH3 is 2. The molecule has 6 heteroatoms. The highest BCUT2D eigenvalue weighted by Gasteiger charge is 2.38. The summed E-state index contributed by atoms with van der Waals surface area (Å²) in [7, 11) is 5.17. The van der Waals surface area contributed by atoms with Crippen LogP contribution in [0.3, 0.4) is 0 Å². The van der Waals surface area contributed by atoms with E-state index in [0.29, 0.717) is 25.3 Å². The molecular weight excluding hydrogens is 234 g/mol. The molecule has 100 valence electrons. The number of hydrogen-bond donors (Lipinski definition) is 0. The number of aromatic nitrogens is 2. The Labute approximate surface area is 106 Å². The lowest BCUT2D eigenvalue weighted by molar-refractivity contribution is 0.0598. The first kappa shape index (κ1) is 13.0. The van der Waals surface area contributed by atoms with Gasteiger partial charge in [-0.3, -0.25) is 9.48 Å². The fourth-order valence-electron chi connectivity index (χ4n) is 2.42. The van der Waals surface area contributed by atoms with Crippen LogP contribution in [0.15, 0.2) is 6.20 Å². The van der Waals surface area contributed by atoms with E-state index in [4.69, 9.17) is 9.47 Å². The van der Waals surface area contributed by atoms with Crippen LogP contribution in [0.25, 0.3) is 0 Å². The van der Waals surface area contributed by atoms with E-state index in [9.17, 15) is 4.79 Å². The third-order valence-corrected chi connectivity index (χ3v) is 3.30. The van der Waals surface area contributed by atoms with Crippen molar-refractivity contribution < 1.29 is 14.3 Å². The predicted molar refractivity (Wildman–Crippen MR) is 65.4 cm³/mol. The van der Waals surface area contributed by atoms with Crippen molar-refractivity contribution in [2.75, 3.05) is 34.0 Å². The summed E-state index contributed by atoms with van der Waals surface area (Å²) in [5.41, 5.74) is 1.68. The maximum atomic E-state index is 12.3. The van der Waals surface area contributed by atoms with Gasteiger partial charge < -0.3 is 14.4 Å². The molecule has 1 unspecified atom stereocenters. The maximum Gasteiger partial charge on any atom is 0.258 e. The van der Waals surface area contributed by atoms with Crippen molar-refractivity contribution in [1.29, 1.82) is 0 Å². The van der Waals surface area contributed by atoms with Crippen LogP contribution in [0, 0.1) is 0 Å². The molecule has 0 bridgehead atoms. The molecule has 1 aromatic heterocycles. The quantitative estimate of drug-likeness (QED) is 0.745. The fourth-order valence-corrected chi connectivity index (χ4v) is 2.42. The molecule has 0 saturated carbocycles. The Morgan fingerprint density at radius 1 is 1.33 bits per heavy atom. The molecular formula is C12H19N3O3. The van der Waals surface area contributed by atoms with Crippen molar-refractivity contribution in [3.8, 4) is 0 Å². The monoisotopic (exact) mass is 253 g/mol. The zero-order chi connectivity index (χ0) is 13.1. The Morgan fingerprint density at radius 2 is 2.06 bits per heavy atom. The molecule has 18 heavy (non-hydrogen) atoms. The Bertz CT molecular complexity index is 430. The van der Waals surface area contributed by atoms with Gasteiger partial charge in [-0.05, 0) is 6.42 Å². The van der Waals surface area contributed by atoms with Crippen LogP contribution >= 0.6 is 0 Å². The number of carbonyl (C=O) groups excluding carboxylic acids is 1. The molecule has 1 aliphatic heterocycles. The van der Waals surface area contributed by atoms with Crippen LogP contribution in [-0.2, 0) is 16.5 Å². The molecule has 0 N–H and O–H groups in total. The van der Waals surface area contributed by atoms with E-state index < -0.39 is 0 Å². The van der Waals surface area contributed by atoms with E-state index in [1.54, 1.807) is 25.1 Å². The van der Waals surface area contributed by atoms with Crippen LogP contribution in [0.1, 0.15) is 28.5 Å². The number of amides is 1. The summed E-state index contributed by atoms with van der Waals surface area (Å²) in [6.07, 6.45) is 2.42. The Kier molecular flexibility index (Phi) is 3.98. The topological polar surface area (TPSA) is 56.6 Å². The molecule has 0 saturated heterocycles. The Hall–Kier alpha value is -1.40. The van der Waals surface area contributed by atoms with E-state index in [0.717, 1.165) is 12.1 Å². The van der Waals surface area contributed by atoms with E-state index >= 15 is 0 Å². The zero-order valence-electron chi connectivity index (χ0n) is 11.0. The van der Waals surface area contributed by atoms with E-state index in [1.807, 2.05) is 11.9 Å². The molecule has 2 rings (SSSR count).